The largest absolute Gasteiger partial charge is 0.284 e. The van der Waals surface area contributed by atoms with Gasteiger partial charge in [-0.05, 0) is 81.0 Å². The highest BCUT2D eigenvalue weighted by atomic mass is 32.2. The highest BCUT2D eigenvalue weighted by Crippen LogP contribution is 2.87. The average Bonchev–Trinajstić information content (AvgIpc) is 2.59. The van der Waals surface area contributed by atoms with Gasteiger partial charge in [-0.15, -0.1) is 0 Å². The number of allylic oxidation sites excluding steroid dienone is 2. The maximum Gasteiger partial charge on any atom is 0.266 e. The molecule has 2 rings (SSSR count). The summed E-state index contributed by atoms with van der Waals surface area (Å²) in [4.78, 5) is 0. The fraction of sp³-hybridized carbons (Fsp3) is 0.615. The van der Waals surface area contributed by atoms with Crippen LogP contribution in [0.1, 0.15) is 67.9 Å². The summed E-state index contributed by atoms with van der Waals surface area (Å²) in [5.41, 5.74) is 0.413. The summed E-state index contributed by atoms with van der Waals surface area (Å²) in [6, 6.07) is 9.96. The van der Waals surface area contributed by atoms with Crippen LogP contribution in [-0.2, 0) is 14.3 Å². The maximum absolute atomic E-state index is 12.8. The molecular weight excluding hydrogens is 437 g/mol. The number of hydrogen-bond donors (Lipinski definition) is 1. The Kier molecular flexibility index (Phi) is 7.37. The second-order valence-corrected chi connectivity index (χ2v) is 19.4. The first-order valence-electron chi connectivity index (χ1n) is 11.3. The molecule has 1 N–H and O–H groups in total. The van der Waals surface area contributed by atoms with Crippen LogP contribution in [-0.4, -0.2) is 48.6 Å². The van der Waals surface area contributed by atoms with Gasteiger partial charge in [0.2, 0.25) is 5.72 Å². The molecule has 0 aliphatic heterocycles. The molecule has 6 heteroatoms. The molecular formula is C26H43NO3PS+. The Morgan fingerprint density at radius 3 is 1.75 bits per heavy atom. The average molecular weight is 481 g/mol. The van der Waals surface area contributed by atoms with Gasteiger partial charge in [0.25, 0.3) is 10.1 Å². The Labute approximate surface area is 197 Å². The van der Waals surface area contributed by atoms with E-state index in [-0.39, 0.29) is 21.1 Å². The van der Waals surface area contributed by atoms with E-state index in [2.05, 4.69) is 79.8 Å². The first-order chi connectivity index (χ1) is 14.4. The predicted octanol–water partition coefficient (Wildman–Crippen LogP) is 6.31. The van der Waals surface area contributed by atoms with Crippen molar-refractivity contribution in [3.63, 3.8) is 0 Å². The van der Waals surface area contributed by atoms with Crippen LogP contribution in [0.3, 0.4) is 0 Å². The van der Waals surface area contributed by atoms with Crippen molar-refractivity contribution >= 4 is 23.0 Å². The predicted molar refractivity (Wildman–Crippen MR) is 141 cm³/mol. The van der Waals surface area contributed by atoms with Crippen molar-refractivity contribution in [2.24, 2.45) is 0 Å². The van der Waals surface area contributed by atoms with E-state index in [1.54, 1.807) is 0 Å². The van der Waals surface area contributed by atoms with Crippen LogP contribution in [0, 0.1) is 0 Å². The van der Waals surface area contributed by atoms with Crippen LogP contribution in [0.2, 0.25) is 0 Å². The zero-order chi connectivity index (χ0) is 24.8. The summed E-state index contributed by atoms with van der Waals surface area (Å²) in [7, 11) is -4.05. The molecule has 32 heavy (non-hydrogen) atoms. The standard InChI is InChI=1S/C26H43NO3PS/c1-23(2,3)31(24(4,5)6,25(7,8)9)22-19-15-18-21(20-16-13-12-14-17-20)26(22,27-10)30-32(11,28)29/h12-19,22,27H,1-11H3/q+1. The van der Waals surface area contributed by atoms with E-state index in [1.165, 1.54) is 0 Å². The molecule has 1 aromatic rings. The van der Waals surface area contributed by atoms with Crippen LogP contribution in [0.25, 0.3) is 5.57 Å². The number of hydrogen-bond acceptors (Lipinski definition) is 4. The minimum atomic E-state index is -3.78. The second kappa shape index (κ2) is 8.65. The summed E-state index contributed by atoms with van der Waals surface area (Å²) in [6.07, 6.45) is 7.43. The lowest BCUT2D eigenvalue weighted by Gasteiger charge is -2.61. The van der Waals surface area contributed by atoms with E-state index in [0.717, 1.165) is 17.4 Å². The normalized spacial score (nSPS) is 23.2. The molecule has 0 bridgehead atoms. The Morgan fingerprint density at radius 2 is 1.38 bits per heavy atom. The van der Waals surface area contributed by atoms with Crippen LogP contribution < -0.4 is 5.32 Å². The lowest BCUT2D eigenvalue weighted by Crippen LogP contribution is -2.63. The molecule has 0 amide bonds. The summed E-state index contributed by atoms with van der Waals surface area (Å²) in [6.45, 7) is 20.8. The molecule has 2 unspecified atom stereocenters. The molecule has 0 heterocycles. The fourth-order valence-corrected chi connectivity index (χ4v) is 17.5. The third-order valence-electron chi connectivity index (χ3n) is 6.70. The number of likely N-dealkylation sites (N-methyl/N-ethyl adjacent to an activating group) is 1. The van der Waals surface area contributed by atoms with Crippen LogP contribution in [0.15, 0.2) is 48.6 Å². The Balaban J connectivity index is 3.04. The van der Waals surface area contributed by atoms with E-state index < -0.39 is 23.1 Å². The van der Waals surface area contributed by atoms with Gasteiger partial charge >= 0.3 is 0 Å². The van der Waals surface area contributed by atoms with Gasteiger partial charge in [0, 0.05) is 12.8 Å². The third kappa shape index (κ3) is 4.51. The van der Waals surface area contributed by atoms with Crippen molar-refractivity contribution < 1.29 is 12.6 Å². The summed E-state index contributed by atoms with van der Waals surface area (Å²) in [5.74, 6) is 0. The second-order valence-electron chi connectivity index (χ2n) is 11.8. The highest BCUT2D eigenvalue weighted by Gasteiger charge is 2.73. The van der Waals surface area contributed by atoms with E-state index in [1.807, 2.05) is 43.5 Å². The molecule has 1 aromatic carbocycles. The molecule has 0 saturated heterocycles. The lowest BCUT2D eigenvalue weighted by molar-refractivity contribution is 0.114. The molecule has 1 aliphatic rings. The van der Waals surface area contributed by atoms with Gasteiger partial charge in [-0.3, -0.25) is 5.32 Å². The molecule has 180 valence electrons. The SMILES string of the molecule is CNC1(OS(C)(=O)=O)C(c2ccccc2)=CC=CC1[P+](C(C)(C)C)(C(C)(C)C)C(C)(C)C. The van der Waals surface area contributed by atoms with E-state index >= 15 is 0 Å². The number of rotatable bonds is 5. The van der Waals surface area contributed by atoms with Gasteiger partial charge in [-0.2, -0.15) is 8.42 Å². The van der Waals surface area contributed by atoms with Crippen molar-refractivity contribution in [1.29, 1.82) is 0 Å². The van der Waals surface area contributed by atoms with Gasteiger partial charge in [-0.25, -0.2) is 4.18 Å². The van der Waals surface area contributed by atoms with Crippen molar-refractivity contribution in [2.45, 2.75) is 89.2 Å². The van der Waals surface area contributed by atoms with Gasteiger partial charge in [-0.1, -0.05) is 42.5 Å². The Bertz CT molecular complexity index is 941. The molecule has 4 nitrogen and oxygen atoms in total. The van der Waals surface area contributed by atoms with Gasteiger partial charge in [0.1, 0.15) is 5.66 Å². The van der Waals surface area contributed by atoms with Crippen molar-refractivity contribution in [3.05, 3.63) is 54.1 Å². The van der Waals surface area contributed by atoms with Gasteiger partial charge in [0.15, 0.2) is 0 Å². The number of benzene rings is 1. The molecule has 0 radical (unpaired) electrons. The third-order valence-corrected chi connectivity index (χ3v) is 15.0. The Hall–Kier alpha value is -1.000. The topological polar surface area (TPSA) is 55.4 Å². The quantitative estimate of drug-likeness (QED) is 0.305. The summed E-state index contributed by atoms with van der Waals surface area (Å²) >= 11 is 0. The van der Waals surface area contributed by atoms with E-state index in [4.69, 9.17) is 4.18 Å². The summed E-state index contributed by atoms with van der Waals surface area (Å²) in [5, 5.41) is 3.15. The first-order valence-corrected chi connectivity index (χ1v) is 15.0. The minimum absolute atomic E-state index is 0.0827. The molecule has 1 aliphatic carbocycles. The zero-order valence-electron chi connectivity index (χ0n) is 21.8. The fourth-order valence-electron chi connectivity index (χ4n) is 6.93. The minimum Gasteiger partial charge on any atom is -0.284 e. The van der Waals surface area contributed by atoms with Crippen LogP contribution >= 0.6 is 7.26 Å². The van der Waals surface area contributed by atoms with E-state index in [0.29, 0.717) is 0 Å². The number of nitrogens with one attached hydrogen (secondary N) is 1. The van der Waals surface area contributed by atoms with Crippen molar-refractivity contribution in [2.75, 3.05) is 13.3 Å². The van der Waals surface area contributed by atoms with Crippen molar-refractivity contribution in [3.8, 4) is 0 Å². The molecule has 2 atom stereocenters. The lowest BCUT2D eigenvalue weighted by atomic mass is 9.88. The molecule has 0 aromatic heterocycles. The van der Waals surface area contributed by atoms with Gasteiger partial charge in [0.05, 0.1) is 21.7 Å². The molecule has 0 fully saturated rings. The monoisotopic (exact) mass is 480 g/mol. The summed E-state index contributed by atoms with van der Waals surface area (Å²) < 4.78 is 31.7. The highest BCUT2D eigenvalue weighted by molar-refractivity contribution is 7.86. The smallest absolute Gasteiger partial charge is 0.266 e. The molecule has 0 spiro atoms. The van der Waals surface area contributed by atoms with Crippen LogP contribution in [0.5, 0.6) is 0 Å². The van der Waals surface area contributed by atoms with Crippen molar-refractivity contribution in [1.82, 2.24) is 5.32 Å². The van der Waals surface area contributed by atoms with Crippen LogP contribution in [0.4, 0.5) is 0 Å². The maximum atomic E-state index is 12.8. The molecule has 0 saturated carbocycles. The first kappa shape index (κ1) is 27.2. The van der Waals surface area contributed by atoms with Gasteiger partial charge < -0.3 is 0 Å². The van der Waals surface area contributed by atoms with E-state index in [9.17, 15) is 8.42 Å². The Morgan fingerprint density at radius 1 is 0.906 bits per heavy atom. The zero-order valence-corrected chi connectivity index (χ0v) is 23.5.